The van der Waals surface area contributed by atoms with Gasteiger partial charge in [-0.3, -0.25) is 4.79 Å². The lowest BCUT2D eigenvalue weighted by atomic mass is 9.75. The predicted octanol–water partition coefficient (Wildman–Crippen LogP) is 1.51. The first-order valence-electron chi connectivity index (χ1n) is 9.09. The highest BCUT2D eigenvalue weighted by atomic mass is 32.2. The number of carboxylic acid groups (broad SMARTS) is 1. The van der Waals surface area contributed by atoms with Gasteiger partial charge in [0.25, 0.3) is 0 Å². The smallest absolute Gasteiger partial charge is 0.329 e. The Morgan fingerprint density at radius 3 is 2.24 bits per heavy atom. The zero-order chi connectivity index (χ0) is 18.7. The van der Waals surface area contributed by atoms with Gasteiger partial charge in [-0.25, -0.2) is 13.2 Å². The zero-order valence-corrected chi connectivity index (χ0v) is 15.8. The molecule has 2 fully saturated rings. The number of carboxylic acids is 1. The van der Waals surface area contributed by atoms with Gasteiger partial charge in [-0.15, -0.1) is 0 Å². The van der Waals surface area contributed by atoms with E-state index in [1.807, 2.05) is 0 Å². The van der Waals surface area contributed by atoms with Crippen molar-refractivity contribution in [3.63, 3.8) is 0 Å². The van der Waals surface area contributed by atoms with E-state index in [0.717, 1.165) is 19.3 Å². The van der Waals surface area contributed by atoms with E-state index in [-0.39, 0.29) is 0 Å². The number of hydrogen-bond acceptors (Lipinski definition) is 5. The van der Waals surface area contributed by atoms with Crippen molar-refractivity contribution in [3.8, 4) is 0 Å². The Balaban J connectivity index is 2.09. The third-order valence-electron chi connectivity index (χ3n) is 5.80. The number of ether oxygens (including phenoxy) is 1. The van der Waals surface area contributed by atoms with Gasteiger partial charge in [0.05, 0.1) is 5.25 Å². The summed E-state index contributed by atoms with van der Waals surface area (Å²) in [5.74, 6) is -1.32. The normalized spacial score (nSPS) is 29.8. The van der Waals surface area contributed by atoms with E-state index < -0.39 is 37.8 Å². The first kappa shape index (κ1) is 20.2. The van der Waals surface area contributed by atoms with Gasteiger partial charge in [-0.05, 0) is 51.4 Å². The number of sulfone groups is 1. The molecule has 1 unspecified atom stereocenters. The summed E-state index contributed by atoms with van der Waals surface area (Å²) in [5.41, 5.74) is -1.35. The molecule has 1 saturated heterocycles. The number of aliphatic carboxylic acids is 1. The van der Waals surface area contributed by atoms with Crippen molar-refractivity contribution in [3.05, 3.63) is 0 Å². The fraction of sp³-hybridized carbons (Fsp3) is 0.882. The molecule has 7 nitrogen and oxygen atoms in total. The Kier molecular flexibility index (Phi) is 6.48. The second-order valence-electron chi connectivity index (χ2n) is 7.27. The molecule has 0 bridgehead atoms. The minimum absolute atomic E-state index is 0.344. The van der Waals surface area contributed by atoms with E-state index in [4.69, 9.17) is 4.74 Å². The molecule has 8 heteroatoms. The third kappa shape index (κ3) is 4.34. The molecule has 1 heterocycles. The SMILES string of the molecule is CCC1CCC(NC(=O)C(C)S(=O)(=O)C2CCOCC2)(C(=O)O)CC1. The molecule has 144 valence electrons. The van der Waals surface area contributed by atoms with Gasteiger partial charge in [0.2, 0.25) is 5.91 Å². The number of hydrogen-bond donors (Lipinski definition) is 2. The number of rotatable bonds is 6. The average molecular weight is 375 g/mol. The number of amides is 1. The second kappa shape index (κ2) is 8.03. The molecular weight excluding hydrogens is 346 g/mol. The van der Waals surface area contributed by atoms with Crippen molar-refractivity contribution >= 4 is 21.7 Å². The first-order valence-corrected chi connectivity index (χ1v) is 10.7. The Hall–Kier alpha value is -1.15. The Bertz CT molecular complexity index is 588. The van der Waals surface area contributed by atoms with Gasteiger partial charge in [-0.2, -0.15) is 0 Å². The van der Waals surface area contributed by atoms with Gasteiger partial charge < -0.3 is 15.2 Å². The summed E-state index contributed by atoms with van der Waals surface area (Å²) in [6.07, 6.45) is 3.88. The van der Waals surface area contributed by atoms with E-state index in [9.17, 15) is 23.1 Å². The molecule has 0 aromatic carbocycles. The molecule has 25 heavy (non-hydrogen) atoms. The van der Waals surface area contributed by atoms with Gasteiger partial charge in [0.1, 0.15) is 10.8 Å². The van der Waals surface area contributed by atoms with Crippen molar-refractivity contribution in [2.24, 2.45) is 5.92 Å². The van der Waals surface area contributed by atoms with Crippen molar-refractivity contribution in [2.45, 2.75) is 74.8 Å². The van der Waals surface area contributed by atoms with Crippen molar-refractivity contribution in [1.82, 2.24) is 5.32 Å². The summed E-state index contributed by atoms with van der Waals surface area (Å²) < 4.78 is 30.5. The van der Waals surface area contributed by atoms with E-state index in [1.165, 1.54) is 6.92 Å². The van der Waals surface area contributed by atoms with Crippen LogP contribution in [0.25, 0.3) is 0 Å². The van der Waals surface area contributed by atoms with Crippen LogP contribution in [-0.2, 0) is 24.2 Å². The van der Waals surface area contributed by atoms with Crippen molar-refractivity contribution < 1.29 is 27.9 Å². The van der Waals surface area contributed by atoms with Crippen LogP contribution in [-0.4, -0.2) is 54.7 Å². The maximum absolute atomic E-state index is 12.7. The Morgan fingerprint density at radius 2 is 1.76 bits per heavy atom. The zero-order valence-electron chi connectivity index (χ0n) is 15.0. The summed E-state index contributed by atoms with van der Waals surface area (Å²) >= 11 is 0. The summed E-state index contributed by atoms with van der Waals surface area (Å²) in [5, 5.41) is 10.4. The molecule has 2 rings (SSSR count). The van der Waals surface area contributed by atoms with Crippen LogP contribution >= 0.6 is 0 Å². The monoisotopic (exact) mass is 375 g/mol. The molecule has 2 N–H and O–H groups in total. The van der Waals surface area contributed by atoms with Gasteiger partial charge in [0, 0.05) is 13.2 Å². The van der Waals surface area contributed by atoms with Crippen LogP contribution in [0.4, 0.5) is 0 Å². The van der Waals surface area contributed by atoms with Crippen molar-refractivity contribution in [1.29, 1.82) is 0 Å². The molecule has 1 amide bonds. The van der Waals surface area contributed by atoms with Crippen LogP contribution in [0.3, 0.4) is 0 Å². The van der Waals surface area contributed by atoms with Crippen LogP contribution in [0.5, 0.6) is 0 Å². The molecule has 1 atom stereocenters. The first-order chi connectivity index (χ1) is 11.7. The largest absolute Gasteiger partial charge is 0.480 e. The fourth-order valence-electron chi connectivity index (χ4n) is 3.75. The second-order valence-corrected chi connectivity index (χ2v) is 9.82. The topological polar surface area (TPSA) is 110 Å². The number of nitrogens with one attached hydrogen (secondary N) is 1. The van der Waals surface area contributed by atoms with E-state index in [0.29, 0.717) is 44.8 Å². The molecule has 2 aliphatic rings. The molecule has 0 aromatic rings. The molecule has 1 saturated carbocycles. The summed E-state index contributed by atoms with van der Waals surface area (Å²) in [6, 6.07) is 0. The standard InChI is InChI=1S/C17H29NO6S/c1-3-13-4-8-17(9-5-13,16(20)21)18-15(19)12(2)25(22,23)14-6-10-24-11-7-14/h12-14H,3-11H2,1-2H3,(H,18,19)(H,20,21). The van der Waals surface area contributed by atoms with Crippen LogP contribution < -0.4 is 5.32 Å². The third-order valence-corrected chi connectivity index (χ3v) is 8.40. The number of carbonyl (C=O) groups is 2. The molecule has 1 aliphatic carbocycles. The van der Waals surface area contributed by atoms with Crippen LogP contribution in [0.1, 0.15) is 58.8 Å². The maximum atomic E-state index is 12.7. The number of carbonyl (C=O) groups excluding carboxylic acids is 1. The minimum atomic E-state index is -3.66. The van der Waals surface area contributed by atoms with Gasteiger partial charge in [0.15, 0.2) is 9.84 Å². The maximum Gasteiger partial charge on any atom is 0.329 e. The summed E-state index contributed by atoms with van der Waals surface area (Å²) in [7, 11) is -3.66. The lowest BCUT2D eigenvalue weighted by Gasteiger charge is -2.38. The Labute approximate surface area is 149 Å². The molecule has 0 aromatic heterocycles. The van der Waals surface area contributed by atoms with Gasteiger partial charge in [-0.1, -0.05) is 13.3 Å². The molecule has 0 radical (unpaired) electrons. The highest BCUT2D eigenvalue weighted by molar-refractivity contribution is 7.93. The van der Waals surface area contributed by atoms with E-state index >= 15 is 0 Å². The molecular formula is C17H29NO6S. The van der Waals surface area contributed by atoms with Gasteiger partial charge >= 0.3 is 5.97 Å². The summed E-state index contributed by atoms with van der Waals surface area (Å²) in [4.78, 5) is 24.4. The van der Waals surface area contributed by atoms with E-state index in [2.05, 4.69) is 12.2 Å². The molecule has 0 spiro atoms. The lowest BCUT2D eigenvalue weighted by molar-refractivity contribution is -0.149. The molecule has 1 aliphatic heterocycles. The Morgan fingerprint density at radius 1 is 1.20 bits per heavy atom. The summed E-state index contributed by atoms with van der Waals surface area (Å²) in [6.45, 7) is 4.16. The minimum Gasteiger partial charge on any atom is -0.480 e. The fourth-order valence-corrected chi connectivity index (χ4v) is 5.53. The average Bonchev–Trinajstić information content (AvgIpc) is 2.62. The lowest BCUT2D eigenvalue weighted by Crippen LogP contribution is -2.59. The highest BCUT2D eigenvalue weighted by Gasteiger charge is 2.45. The van der Waals surface area contributed by atoms with Crippen molar-refractivity contribution in [2.75, 3.05) is 13.2 Å². The quantitative estimate of drug-likeness (QED) is 0.728. The predicted molar refractivity (Wildman–Crippen MR) is 93.0 cm³/mol. The highest BCUT2D eigenvalue weighted by Crippen LogP contribution is 2.34. The van der Waals surface area contributed by atoms with E-state index in [1.54, 1.807) is 0 Å². The van der Waals surface area contributed by atoms with Crippen LogP contribution in [0, 0.1) is 5.92 Å². The van der Waals surface area contributed by atoms with Crippen LogP contribution in [0.15, 0.2) is 0 Å². The van der Waals surface area contributed by atoms with Crippen LogP contribution in [0.2, 0.25) is 0 Å².